The Labute approximate surface area is 153 Å². The van der Waals surface area contributed by atoms with Crippen LogP contribution in [0, 0.1) is 0 Å². The summed E-state index contributed by atoms with van der Waals surface area (Å²) in [6, 6.07) is 16.7. The van der Waals surface area contributed by atoms with E-state index in [4.69, 9.17) is 14.2 Å². The summed E-state index contributed by atoms with van der Waals surface area (Å²) < 4.78 is 15.7. The minimum Gasteiger partial charge on any atom is -0.496 e. The van der Waals surface area contributed by atoms with Crippen LogP contribution in [-0.2, 0) is 20.9 Å². The number of esters is 1. The number of nitrogens with zero attached hydrogens (tertiary/aromatic N) is 1. The molecule has 0 aromatic heterocycles. The van der Waals surface area contributed by atoms with E-state index < -0.39 is 5.97 Å². The van der Waals surface area contributed by atoms with E-state index in [1.165, 1.54) is 4.90 Å². The molecule has 6 heteroatoms. The molecule has 0 saturated heterocycles. The normalized spacial score (nSPS) is 10.1. The summed E-state index contributed by atoms with van der Waals surface area (Å²) in [5.74, 6) is 0.642. The third-order valence-corrected chi connectivity index (χ3v) is 3.70. The smallest absolute Gasteiger partial charge is 0.309 e. The van der Waals surface area contributed by atoms with Crippen molar-refractivity contribution in [3.05, 3.63) is 60.2 Å². The van der Waals surface area contributed by atoms with Crippen LogP contribution in [0.5, 0.6) is 11.5 Å². The fourth-order valence-corrected chi connectivity index (χ4v) is 2.27. The van der Waals surface area contributed by atoms with Gasteiger partial charge in [-0.25, -0.2) is 0 Å². The monoisotopic (exact) mass is 357 g/mol. The lowest BCUT2D eigenvalue weighted by Crippen LogP contribution is -2.31. The summed E-state index contributed by atoms with van der Waals surface area (Å²) in [5.41, 5.74) is 0.883. The van der Waals surface area contributed by atoms with Crippen LogP contribution in [0.15, 0.2) is 54.6 Å². The number of rotatable bonds is 9. The Morgan fingerprint density at radius 2 is 1.69 bits per heavy atom. The van der Waals surface area contributed by atoms with Crippen molar-refractivity contribution in [3.63, 3.8) is 0 Å². The number of ether oxygens (including phenoxy) is 3. The molecule has 26 heavy (non-hydrogen) atoms. The molecule has 0 saturated carbocycles. The Morgan fingerprint density at radius 1 is 1.00 bits per heavy atom. The third kappa shape index (κ3) is 6.12. The molecule has 138 valence electrons. The van der Waals surface area contributed by atoms with E-state index in [2.05, 4.69) is 0 Å². The molecule has 0 radical (unpaired) electrons. The number of hydrogen-bond acceptors (Lipinski definition) is 5. The predicted molar refractivity (Wildman–Crippen MR) is 97.0 cm³/mol. The van der Waals surface area contributed by atoms with Crippen LogP contribution >= 0.6 is 0 Å². The molecule has 0 fully saturated rings. The molecule has 1 amide bonds. The van der Waals surface area contributed by atoms with Gasteiger partial charge in [-0.3, -0.25) is 9.59 Å². The van der Waals surface area contributed by atoms with Crippen LogP contribution in [0.1, 0.15) is 12.0 Å². The first-order valence-corrected chi connectivity index (χ1v) is 8.29. The highest BCUT2D eigenvalue weighted by molar-refractivity contribution is 5.80. The zero-order valence-corrected chi connectivity index (χ0v) is 15.0. The minimum atomic E-state index is -0.472. The topological polar surface area (TPSA) is 65.1 Å². The summed E-state index contributed by atoms with van der Waals surface area (Å²) in [7, 11) is 3.24. The molecule has 2 aromatic carbocycles. The van der Waals surface area contributed by atoms with Gasteiger partial charge in [0.2, 0.25) is 0 Å². The molecule has 0 N–H and O–H groups in total. The molecule has 2 aromatic rings. The fraction of sp³-hybridized carbons (Fsp3) is 0.300. The number of benzene rings is 2. The molecule has 0 bridgehead atoms. The Balaban J connectivity index is 1.70. The van der Waals surface area contributed by atoms with E-state index in [0.717, 1.165) is 5.56 Å². The summed E-state index contributed by atoms with van der Waals surface area (Å²) in [6.45, 7) is 0.279. The van der Waals surface area contributed by atoms with Crippen molar-refractivity contribution in [3.8, 4) is 11.5 Å². The predicted octanol–water partition coefficient (Wildman–Crippen LogP) is 2.67. The van der Waals surface area contributed by atoms with Gasteiger partial charge in [-0.05, 0) is 18.2 Å². The average molecular weight is 357 g/mol. The quantitative estimate of drug-likeness (QED) is 0.646. The van der Waals surface area contributed by atoms with Crippen molar-refractivity contribution in [1.29, 1.82) is 0 Å². The Kier molecular flexibility index (Phi) is 7.49. The Hall–Kier alpha value is -3.02. The van der Waals surface area contributed by atoms with E-state index in [1.54, 1.807) is 14.2 Å². The number of methoxy groups -OCH3 is 1. The highest BCUT2D eigenvalue weighted by Crippen LogP contribution is 2.18. The second-order valence-electron chi connectivity index (χ2n) is 5.63. The molecular formula is C20H23NO5. The maximum absolute atomic E-state index is 12.1. The van der Waals surface area contributed by atoms with Crippen molar-refractivity contribution in [2.24, 2.45) is 0 Å². The van der Waals surface area contributed by atoms with Gasteiger partial charge in [0.15, 0.2) is 6.61 Å². The molecule has 0 unspecified atom stereocenters. The second-order valence-corrected chi connectivity index (χ2v) is 5.63. The number of likely N-dealkylation sites (N-methyl/N-ethyl adjacent to an activating group) is 1. The van der Waals surface area contributed by atoms with E-state index in [9.17, 15) is 9.59 Å². The fourth-order valence-electron chi connectivity index (χ4n) is 2.27. The van der Waals surface area contributed by atoms with Crippen molar-refractivity contribution < 1.29 is 23.8 Å². The van der Waals surface area contributed by atoms with Gasteiger partial charge in [-0.15, -0.1) is 0 Å². The summed E-state index contributed by atoms with van der Waals surface area (Å²) in [5, 5.41) is 0. The molecule has 0 aliphatic heterocycles. The van der Waals surface area contributed by atoms with Gasteiger partial charge in [0.25, 0.3) is 5.91 Å². The van der Waals surface area contributed by atoms with Crippen LogP contribution in [0.25, 0.3) is 0 Å². The first-order valence-electron chi connectivity index (χ1n) is 8.29. The minimum absolute atomic E-state index is 0.0817. The molecular weight excluding hydrogens is 334 g/mol. The standard InChI is InChI=1S/C20H23NO5/c1-21(14-16-8-6-7-11-18(16)24-2)19(22)15-26-20(23)12-13-25-17-9-4-3-5-10-17/h3-11H,12-15H2,1-2H3. The van der Waals surface area contributed by atoms with Gasteiger partial charge >= 0.3 is 5.97 Å². The highest BCUT2D eigenvalue weighted by atomic mass is 16.5. The van der Waals surface area contributed by atoms with Gasteiger partial charge in [0, 0.05) is 19.2 Å². The van der Waals surface area contributed by atoms with Crippen LogP contribution in [-0.4, -0.2) is 44.1 Å². The lowest BCUT2D eigenvalue weighted by Gasteiger charge is -2.18. The van der Waals surface area contributed by atoms with Crippen LogP contribution < -0.4 is 9.47 Å². The van der Waals surface area contributed by atoms with Gasteiger partial charge < -0.3 is 19.1 Å². The number of hydrogen-bond donors (Lipinski definition) is 0. The first kappa shape index (κ1) is 19.3. The number of carbonyl (C=O) groups is 2. The zero-order valence-electron chi connectivity index (χ0n) is 15.0. The average Bonchev–Trinajstić information content (AvgIpc) is 2.67. The molecule has 0 atom stereocenters. The number of para-hydroxylation sites is 2. The molecule has 0 heterocycles. The Morgan fingerprint density at radius 3 is 2.42 bits per heavy atom. The van der Waals surface area contributed by atoms with Crippen molar-refractivity contribution in [1.82, 2.24) is 4.90 Å². The molecule has 0 aliphatic carbocycles. The van der Waals surface area contributed by atoms with Gasteiger partial charge in [0.1, 0.15) is 11.5 Å². The number of amides is 1. The van der Waals surface area contributed by atoms with Crippen LogP contribution in [0.3, 0.4) is 0 Å². The zero-order chi connectivity index (χ0) is 18.8. The third-order valence-electron chi connectivity index (χ3n) is 3.70. The lowest BCUT2D eigenvalue weighted by molar-refractivity contribution is -0.152. The van der Waals surface area contributed by atoms with E-state index in [1.807, 2.05) is 54.6 Å². The highest BCUT2D eigenvalue weighted by Gasteiger charge is 2.14. The van der Waals surface area contributed by atoms with E-state index in [-0.39, 0.29) is 25.5 Å². The van der Waals surface area contributed by atoms with Gasteiger partial charge in [-0.1, -0.05) is 36.4 Å². The summed E-state index contributed by atoms with van der Waals surface area (Å²) >= 11 is 0. The largest absolute Gasteiger partial charge is 0.496 e. The van der Waals surface area contributed by atoms with E-state index >= 15 is 0 Å². The molecule has 2 rings (SSSR count). The van der Waals surface area contributed by atoms with E-state index in [0.29, 0.717) is 18.0 Å². The maximum Gasteiger partial charge on any atom is 0.309 e. The molecule has 6 nitrogen and oxygen atoms in total. The summed E-state index contributed by atoms with van der Waals surface area (Å²) in [4.78, 5) is 25.3. The number of carbonyl (C=O) groups excluding carboxylic acids is 2. The molecule has 0 aliphatic rings. The first-order chi connectivity index (χ1) is 12.6. The lowest BCUT2D eigenvalue weighted by atomic mass is 10.2. The van der Waals surface area contributed by atoms with Gasteiger partial charge in [0.05, 0.1) is 20.1 Å². The second kappa shape index (κ2) is 10.1. The Bertz CT molecular complexity index is 717. The van der Waals surface area contributed by atoms with Gasteiger partial charge in [-0.2, -0.15) is 0 Å². The SMILES string of the molecule is COc1ccccc1CN(C)C(=O)COC(=O)CCOc1ccccc1. The van der Waals surface area contributed by atoms with Crippen LogP contribution in [0.4, 0.5) is 0 Å². The maximum atomic E-state index is 12.1. The van der Waals surface area contributed by atoms with Crippen molar-refractivity contribution in [2.75, 3.05) is 27.4 Å². The van der Waals surface area contributed by atoms with Crippen molar-refractivity contribution in [2.45, 2.75) is 13.0 Å². The molecule has 0 spiro atoms. The van der Waals surface area contributed by atoms with Crippen LogP contribution in [0.2, 0.25) is 0 Å². The summed E-state index contributed by atoms with van der Waals surface area (Å²) in [6.07, 6.45) is 0.0817. The van der Waals surface area contributed by atoms with Crippen molar-refractivity contribution >= 4 is 11.9 Å².